The van der Waals surface area contributed by atoms with E-state index in [-0.39, 0.29) is 5.56 Å². The van der Waals surface area contributed by atoms with Crippen molar-refractivity contribution in [3.8, 4) is 0 Å². The van der Waals surface area contributed by atoms with Crippen LogP contribution in [-0.2, 0) is 6.54 Å². The van der Waals surface area contributed by atoms with E-state index < -0.39 is 0 Å². The van der Waals surface area contributed by atoms with Crippen LogP contribution >= 0.6 is 0 Å². The standard InChI is InChI=1S/C13H14N2O/c1-2-3-8-15-12(14)9-10-6-4-5-7-11(10)13(15)16/h2,4-7,9H,1,3,8,14H2. The Morgan fingerprint density at radius 1 is 1.38 bits per heavy atom. The molecule has 0 bridgehead atoms. The molecule has 0 aliphatic carbocycles. The maximum absolute atomic E-state index is 12.1. The molecule has 0 fully saturated rings. The van der Waals surface area contributed by atoms with Crippen LogP contribution in [0.3, 0.4) is 0 Å². The average Bonchev–Trinajstić information content (AvgIpc) is 2.29. The van der Waals surface area contributed by atoms with Crippen molar-refractivity contribution in [2.45, 2.75) is 13.0 Å². The van der Waals surface area contributed by atoms with Crippen molar-refractivity contribution in [1.29, 1.82) is 0 Å². The molecule has 2 N–H and O–H groups in total. The van der Waals surface area contributed by atoms with Crippen LogP contribution in [-0.4, -0.2) is 4.57 Å². The van der Waals surface area contributed by atoms with Gasteiger partial charge >= 0.3 is 0 Å². The molecule has 1 heterocycles. The van der Waals surface area contributed by atoms with E-state index in [1.165, 1.54) is 0 Å². The van der Waals surface area contributed by atoms with Gasteiger partial charge in [-0.15, -0.1) is 6.58 Å². The molecule has 2 aromatic rings. The van der Waals surface area contributed by atoms with Gasteiger partial charge in [-0.2, -0.15) is 0 Å². The van der Waals surface area contributed by atoms with Crippen molar-refractivity contribution in [2.24, 2.45) is 0 Å². The van der Waals surface area contributed by atoms with Crippen LogP contribution in [0.5, 0.6) is 0 Å². The normalized spacial score (nSPS) is 10.5. The van der Waals surface area contributed by atoms with Crippen LogP contribution in [0.25, 0.3) is 10.8 Å². The molecular formula is C13H14N2O. The molecule has 0 aliphatic heterocycles. The van der Waals surface area contributed by atoms with Crippen LogP contribution in [0.1, 0.15) is 6.42 Å². The predicted molar refractivity (Wildman–Crippen MR) is 67.4 cm³/mol. The molecule has 16 heavy (non-hydrogen) atoms. The molecule has 0 saturated heterocycles. The lowest BCUT2D eigenvalue weighted by molar-refractivity contribution is 0.698. The highest BCUT2D eigenvalue weighted by Gasteiger charge is 2.05. The van der Waals surface area contributed by atoms with Gasteiger partial charge in [0, 0.05) is 11.9 Å². The molecule has 0 saturated carbocycles. The SMILES string of the molecule is C=CCCn1c(N)cc2ccccc2c1=O. The van der Waals surface area contributed by atoms with Gasteiger partial charge in [0.2, 0.25) is 0 Å². The lowest BCUT2D eigenvalue weighted by Crippen LogP contribution is -2.22. The van der Waals surface area contributed by atoms with E-state index in [4.69, 9.17) is 5.73 Å². The largest absolute Gasteiger partial charge is 0.385 e. The van der Waals surface area contributed by atoms with Crippen molar-refractivity contribution >= 4 is 16.6 Å². The van der Waals surface area contributed by atoms with Gasteiger partial charge in [-0.3, -0.25) is 9.36 Å². The molecule has 2 rings (SSSR count). The maximum atomic E-state index is 12.1. The van der Waals surface area contributed by atoms with Crippen molar-refractivity contribution in [1.82, 2.24) is 4.57 Å². The third-order valence-corrected chi connectivity index (χ3v) is 2.61. The summed E-state index contributed by atoms with van der Waals surface area (Å²) in [6.45, 7) is 4.22. The first-order valence-corrected chi connectivity index (χ1v) is 5.23. The molecule has 3 heteroatoms. The topological polar surface area (TPSA) is 48.0 Å². The molecule has 1 aromatic carbocycles. The lowest BCUT2D eigenvalue weighted by Gasteiger charge is -2.09. The Balaban J connectivity index is 2.66. The molecule has 0 amide bonds. The van der Waals surface area contributed by atoms with E-state index in [2.05, 4.69) is 6.58 Å². The lowest BCUT2D eigenvalue weighted by atomic mass is 10.1. The van der Waals surface area contributed by atoms with E-state index >= 15 is 0 Å². The second-order valence-electron chi connectivity index (χ2n) is 3.69. The predicted octanol–water partition coefficient (Wildman–Crippen LogP) is 2.16. The summed E-state index contributed by atoms with van der Waals surface area (Å²) >= 11 is 0. The summed E-state index contributed by atoms with van der Waals surface area (Å²) in [5, 5.41) is 1.60. The number of fused-ring (bicyclic) bond motifs is 1. The molecule has 0 radical (unpaired) electrons. The highest BCUT2D eigenvalue weighted by atomic mass is 16.1. The van der Waals surface area contributed by atoms with E-state index in [9.17, 15) is 4.79 Å². The summed E-state index contributed by atoms with van der Waals surface area (Å²) < 4.78 is 1.59. The Hall–Kier alpha value is -2.03. The number of hydrogen-bond acceptors (Lipinski definition) is 2. The Bertz CT molecular complexity index is 584. The fourth-order valence-electron chi connectivity index (χ4n) is 1.77. The summed E-state index contributed by atoms with van der Waals surface area (Å²) in [6.07, 6.45) is 2.52. The molecule has 1 aromatic heterocycles. The second kappa shape index (κ2) is 4.23. The van der Waals surface area contributed by atoms with Crippen LogP contribution in [0.2, 0.25) is 0 Å². The minimum absolute atomic E-state index is 0.0301. The smallest absolute Gasteiger partial charge is 0.259 e. The van der Waals surface area contributed by atoms with Crippen molar-refractivity contribution in [3.05, 3.63) is 53.3 Å². The number of hydrogen-bond donors (Lipinski definition) is 1. The molecule has 0 unspecified atom stereocenters. The minimum Gasteiger partial charge on any atom is -0.385 e. The maximum Gasteiger partial charge on any atom is 0.259 e. The summed E-state index contributed by atoms with van der Waals surface area (Å²) in [5.74, 6) is 0.505. The summed E-state index contributed by atoms with van der Waals surface area (Å²) in [7, 11) is 0. The first-order chi connectivity index (χ1) is 7.74. The molecule has 0 spiro atoms. The van der Waals surface area contributed by atoms with Gasteiger partial charge in [-0.05, 0) is 23.9 Å². The number of allylic oxidation sites excluding steroid dienone is 1. The first kappa shape index (κ1) is 10.5. The summed E-state index contributed by atoms with van der Waals surface area (Å²) in [6, 6.07) is 9.30. The number of benzene rings is 1. The van der Waals surface area contributed by atoms with Gasteiger partial charge in [0.25, 0.3) is 5.56 Å². The summed E-state index contributed by atoms with van der Waals surface area (Å²) in [4.78, 5) is 12.1. The fraction of sp³-hybridized carbons (Fsp3) is 0.154. The van der Waals surface area contributed by atoms with Gasteiger partial charge in [0.15, 0.2) is 0 Å². The highest BCUT2D eigenvalue weighted by molar-refractivity contribution is 5.83. The minimum atomic E-state index is -0.0301. The zero-order chi connectivity index (χ0) is 11.5. The van der Waals surface area contributed by atoms with Gasteiger partial charge in [0.1, 0.15) is 5.82 Å². The number of pyridine rings is 1. The van der Waals surface area contributed by atoms with Crippen LogP contribution in [0.15, 0.2) is 47.8 Å². The second-order valence-corrected chi connectivity index (χ2v) is 3.69. The van der Waals surface area contributed by atoms with E-state index in [0.29, 0.717) is 17.7 Å². The van der Waals surface area contributed by atoms with E-state index in [0.717, 1.165) is 11.8 Å². The number of aromatic nitrogens is 1. The number of nitrogens with two attached hydrogens (primary N) is 1. The Kier molecular flexibility index (Phi) is 2.77. The molecular weight excluding hydrogens is 200 g/mol. The quantitative estimate of drug-likeness (QED) is 0.796. The van der Waals surface area contributed by atoms with Crippen molar-refractivity contribution in [3.63, 3.8) is 0 Å². The number of rotatable bonds is 3. The third kappa shape index (κ3) is 1.72. The van der Waals surface area contributed by atoms with Gasteiger partial charge in [0.05, 0.1) is 0 Å². The zero-order valence-electron chi connectivity index (χ0n) is 9.02. The number of nitrogen functional groups attached to an aromatic ring is 1. The Labute approximate surface area is 93.8 Å². The molecule has 0 atom stereocenters. The van der Waals surface area contributed by atoms with Gasteiger partial charge < -0.3 is 5.73 Å². The zero-order valence-corrected chi connectivity index (χ0v) is 9.02. The summed E-state index contributed by atoms with van der Waals surface area (Å²) in [5.41, 5.74) is 5.83. The third-order valence-electron chi connectivity index (χ3n) is 2.61. The van der Waals surface area contributed by atoms with Crippen LogP contribution < -0.4 is 11.3 Å². The Morgan fingerprint density at radius 3 is 2.88 bits per heavy atom. The van der Waals surface area contributed by atoms with Gasteiger partial charge in [-0.25, -0.2) is 0 Å². The molecule has 3 nitrogen and oxygen atoms in total. The highest BCUT2D eigenvalue weighted by Crippen LogP contribution is 2.13. The first-order valence-electron chi connectivity index (χ1n) is 5.23. The van der Waals surface area contributed by atoms with E-state index in [1.807, 2.05) is 30.3 Å². The molecule has 82 valence electrons. The monoisotopic (exact) mass is 214 g/mol. The molecule has 0 aliphatic rings. The van der Waals surface area contributed by atoms with Gasteiger partial charge in [-0.1, -0.05) is 24.3 Å². The fourth-order valence-corrected chi connectivity index (χ4v) is 1.77. The number of nitrogens with zero attached hydrogens (tertiary/aromatic N) is 1. The number of anilines is 1. The van der Waals surface area contributed by atoms with Crippen LogP contribution in [0, 0.1) is 0 Å². The Morgan fingerprint density at radius 2 is 2.12 bits per heavy atom. The van der Waals surface area contributed by atoms with E-state index in [1.54, 1.807) is 10.6 Å². The average molecular weight is 214 g/mol. The van der Waals surface area contributed by atoms with Crippen LogP contribution in [0.4, 0.5) is 5.82 Å². The van der Waals surface area contributed by atoms with Crippen molar-refractivity contribution in [2.75, 3.05) is 5.73 Å². The van der Waals surface area contributed by atoms with Crippen molar-refractivity contribution < 1.29 is 0 Å².